The molecule has 1 aromatic heterocycles. The van der Waals surface area contributed by atoms with Gasteiger partial charge in [-0.2, -0.15) is 5.26 Å². The van der Waals surface area contributed by atoms with Gasteiger partial charge in [0.1, 0.15) is 6.07 Å². The molecule has 0 bridgehead atoms. The summed E-state index contributed by atoms with van der Waals surface area (Å²) in [7, 11) is 0. The molecule has 2 N–H and O–H groups in total. The van der Waals surface area contributed by atoms with Crippen molar-refractivity contribution >= 4 is 17.5 Å². The Morgan fingerprint density at radius 3 is 2.68 bits per heavy atom. The smallest absolute Gasteiger partial charge is 0.287 e. The Balaban J connectivity index is 1.61. The summed E-state index contributed by atoms with van der Waals surface area (Å²) >= 11 is 0. The monoisotopic (exact) mass is 377 g/mol. The molecule has 144 valence electrons. The number of carbonyl (C=O) groups is 2. The molecule has 1 aliphatic heterocycles. The largest absolute Gasteiger partial charge is 0.347 e. The van der Waals surface area contributed by atoms with Gasteiger partial charge in [-0.3, -0.25) is 9.59 Å². The molecule has 28 heavy (non-hydrogen) atoms. The first-order chi connectivity index (χ1) is 13.7. The van der Waals surface area contributed by atoms with Gasteiger partial charge in [-0.15, -0.1) is 0 Å². The number of imidazole rings is 1. The predicted octanol–water partition coefficient (Wildman–Crippen LogP) is 3.02. The Bertz CT molecular complexity index is 950. The van der Waals surface area contributed by atoms with Gasteiger partial charge >= 0.3 is 0 Å². The van der Waals surface area contributed by atoms with Gasteiger partial charge in [0, 0.05) is 12.6 Å². The van der Waals surface area contributed by atoms with Gasteiger partial charge in [-0.25, -0.2) is 4.98 Å². The molecule has 0 atom stereocenters. The highest BCUT2D eigenvalue weighted by Gasteiger charge is 2.29. The van der Waals surface area contributed by atoms with Crippen molar-refractivity contribution in [3.8, 4) is 6.07 Å². The maximum atomic E-state index is 12.9. The fourth-order valence-corrected chi connectivity index (χ4v) is 4.09. The van der Waals surface area contributed by atoms with Gasteiger partial charge < -0.3 is 15.2 Å². The zero-order valence-corrected chi connectivity index (χ0v) is 15.7. The molecule has 7 heteroatoms. The minimum atomic E-state index is -0.381. The molecule has 1 saturated carbocycles. The minimum absolute atomic E-state index is 0.198. The van der Waals surface area contributed by atoms with Crippen LogP contribution >= 0.6 is 0 Å². The molecule has 1 fully saturated rings. The number of rotatable bonds is 4. The summed E-state index contributed by atoms with van der Waals surface area (Å²) in [5.41, 5.74) is 1.92. The molecule has 0 saturated heterocycles. The molecule has 1 aromatic carbocycles. The van der Waals surface area contributed by atoms with Crippen LogP contribution in [-0.2, 0) is 13.0 Å². The lowest BCUT2D eigenvalue weighted by molar-refractivity contribution is 0.0921. The van der Waals surface area contributed by atoms with Crippen LogP contribution in [0.4, 0.5) is 5.69 Å². The number of para-hydroxylation sites is 1. The maximum absolute atomic E-state index is 12.9. The number of nitrogens with one attached hydrogen (secondary N) is 2. The number of nitrogens with zero attached hydrogens (tertiary/aromatic N) is 3. The lowest BCUT2D eigenvalue weighted by atomic mass is 10.1. The first-order valence-electron chi connectivity index (χ1n) is 9.88. The molecule has 2 aliphatic rings. The van der Waals surface area contributed by atoms with Crippen LogP contribution in [0.3, 0.4) is 0 Å². The van der Waals surface area contributed by atoms with Crippen molar-refractivity contribution in [2.75, 3.05) is 5.32 Å². The molecular weight excluding hydrogens is 354 g/mol. The zero-order valence-electron chi connectivity index (χ0n) is 15.7. The van der Waals surface area contributed by atoms with Crippen LogP contribution in [-0.4, -0.2) is 27.4 Å². The van der Waals surface area contributed by atoms with E-state index in [0.717, 1.165) is 44.2 Å². The third-order valence-corrected chi connectivity index (χ3v) is 5.52. The topological polar surface area (TPSA) is 99.8 Å². The van der Waals surface area contributed by atoms with Crippen molar-refractivity contribution in [1.82, 2.24) is 14.9 Å². The van der Waals surface area contributed by atoms with Crippen molar-refractivity contribution in [2.45, 2.75) is 57.5 Å². The number of hydrogen-bond donors (Lipinski definition) is 2. The Morgan fingerprint density at radius 2 is 1.89 bits per heavy atom. The number of fused-ring (bicyclic) bond motifs is 1. The summed E-state index contributed by atoms with van der Waals surface area (Å²) in [6, 6.07) is 9.12. The van der Waals surface area contributed by atoms with E-state index in [1.807, 2.05) is 4.57 Å². The third kappa shape index (κ3) is 3.50. The standard InChI is InChI=1S/C21H23N5O2/c22-13-14-7-1-4-10-16(14)24-20(27)18-17-11-5-6-12-26(17)19(25-18)21(28)23-15-8-2-3-9-15/h1,4,7,10,15H,2-3,5-6,8-9,11-12H2,(H,23,28)(H,24,27). The minimum Gasteiger partial charge on any atom is -0.347 e. The van der Waals surface area contributed by atoms with Crippen molar-refractivity contribution in [3.63, 3.8) is 0 Å². The van der Waals surface area contributed by atoms with Crippen LogP contribution in [0.15, 0.2) is 24.3 Å². The molecule has 4 rings (SSSR count). The van der Waals surface area contributed by atoms with E-state index in [0.29, 0.717) is 30.0 Å². The average Bonchev–Trinajstić information content (AvgIpc) is 3.36. The second kappa shape index (κ2) is 7.85. The fraction of sp³-hybridized carbons (Fsp3) is 0.429. The van der Waals surface area contributed by atoms with Crippen LogP contribution in [0, 0.1) is 11.3 Å². The van der Waals surface area contributed by atoms with Crippen LogP contribution in [0.2, 0.25) is 0 Å². The van der Waals surface area contributed by atoms with E-state index in [9.17, 15) is 14.9 Å². The van der Waals surface area contributed by atoms with Crippen LogP contribution in [0.1, 0.15) is 70.9 Å². The number of aromatic nitrogens is 2. The summed E-state index contributed by atoms with van der Waals surface area (Å²) in [5, 5.41) is 15.1. The summed E-state index contributed by atoms with van der Waals surface area (Å²) in [5.74, 6) is -0.264. The summed E-state index contributed by atoms with van der Waals surface area (Å²) < 4.78 is 1.89. The highest BCUT2D eigenvalue weighted by molar-refractivity contribution is 6.05. The van der Waals surface area contributed by atoms with E-state index in [1.165, 1.54) is 0 Å². The normalized spacial score (nSPS) is 16.2. The van der Waals surface area contributed by atoms with Gasteiger partial charge in [-0.05, 0) is 44.2 Å². The maximum Gasteiger partial charge on any atom is 0.287 e. The number of nitriles is 1. The molecule has 2 amide bonds. The van der Waals surface area contributed by atoms with Gasteiger partial charge in [0.15, 0.2) is 11.5 Å². The molecule has 2 heterocycles. The van der Waals surface area contributed by atoms with Gasteiger partial charge in [0.25, 0.3) is 11.8 Å². The van der Waals surface area contributed by atoms with E-state index >= 15 is 0 Å². The summed E-state index contributed by atoms with van der Waals surface area (Å²) in [6.45, 7) is 0.692. The van der Waals surface area contributed by atoms with Gasteiger partial charge in [0.2, 0.25) is 0 Å². The highest BCUT2D eigenvalue weighted by Crippen LogP contribution is 2.24. The molecule has 2 aromatic rings. The molecule has 0 unspecified atom stereocenters. The summed E-state index contributed by atoms with van der Waals surface area (Å²) in [4.78, 5) is 30.1. The van der Waals surface area contributed by atoms with Crippen molar-refractivity contribution < 1.29 is 9.59 Å². The molecule has 0 spiro atoms. The van der Waals surface area contributed by atoms with E-state index in [-0.39, 0.29) is 23.6 Å². The van der Waals surface area contributed by atoms with Gasteiger partial charge in [-0.1, -0.05) is 25.0 Å². The Hall–Kier alpha value is -3.14. The molecule has 0 radical (unpaired) electrons. The molecule has 1 aliphatic carbocycles. The van der Waals surface area contributed by atoms with Crippen molar-refractivity contribution in [2.24, 2.45) is 0 Å². The van der Waals surface area contributed by atoms with Crippen LogP contribution in [0.25, 0.3) is 0 Å². The number of benzene rings is 1. The fourth-order valence-electron chi connectivity index (χ4n) is 4.09. The molecular formula is C21H23N5O2. The van der Waals surface area contributed by atoms with E-state index in [2.05, 4.69) is 21.7 Å². The number of hydrogen-bond acceptors (Lipinski definition) is 4. The van der Waals surface area contributed by atoms with Crippen molar-refractivity contribution in [1.29, 1.82) is 5.26 Å². The Labute approximate surface area is 163 Å². The third-order valence-electron chi connectivity index (χ3n) is 5.52. The molecule has 7 nitrogen and oxygen atoms in total. The quantitative estimate of drug-likeness (QED) is 0.855. The Morgan fingerprint density at radius 1 is 1.11 bits per heavy atom. The highest BCUT2D eigenvalue weighted by atomic mass is 16.2. The van der Waals surface area contributed by atoms with E-state index in [1.54, 1.807) is 24.3 Å². The van der Waals surface area contributed by atoms with E-state index in [4.69, 9.17) is 0 Å². The second-order valence-electron chi connectivity index (χ2n) is 7.41. The second-order valence-corrected chi connectivity index (χ2v) is 7.41. The lowest BCUT2D eigenvalue weighted by Crippen LogP contribution is -2.35. The first-order valence-corrected chi connectivity index (χ1v) is 9.88. The van der Waals surface area contributed by atoms with Gasteiger partial charge in [0.05, 0.1) is 16.9 Å². The average molecular weight is 377 g/mol. The predicted molar refractivity (Wildman–Crippen MR) is 104 cm³/mol. The van der Waals surface area contributed by atoms with Crippen LogP contribution in [0.5, 0.6) is 0 Å². The Kier molecular flexibility index (Phi) is 5.11. The van der Waals surface area contributed by atoms with Crippen molar-refractivity contribution in [3.05, 3.63) is 47.0 Å². The summed E-state index contributed by atoms with van der Waals surface area (Å²) in [6.07, 6.45) is 6.91. The zero-order chi connectivity index (χ0) is 19.5. The van der Waals surface area contributed by atoms with Crippen LogP contribution < -0.4 is 10.6 Å². The number of anilines is 1. The number of carbonyl (C=O) groups excluding carboxylic acids is 2. The van der Waals surface area contributed by atoms with E-state index < -0.39 is 0 Å². The first kappa shape index (κ1) is 18.2. The SMILES string of the molecule is N#Cc1ccccc1NC(=O)c1nc(C(=O)NC2CCCC2)n2c1CCCC2. The lowest BCUT2D eigenvalue weighted by Gasteiger charge is -2.18. The number of amides is 2.